The van der Waals surface area contributed by atoms with Crippen molar-refractivity contribution in [2.45, 2.75) is 6.54 Å². The van der Waals surface area contributed by atoms with Gasteiger partial charge >= 0.3 is 5.97 Å². The molecule has 0 saturated heterocycles. The number of fused-ring (bicyclic) bond motifs is 1. The summed E-state index contributed by atoms with van der Waals surface area (Å²) < 4.78 is 20.9. The van der Waals surface area contributed by atoms with E-state index < -0.39 is 18.5 Å². The summed E-state index contributed by atoms with van der Waals surface area (Å²) in [4.78, 5) is 28.5. The van der Waals surface area contributed by atoms with Crippen molar-refractivity contribution in [3.8, 4) is 17.2 Å². The molecule has 1 amide bonds. The van der Waals surface area contributed by atoms with Gasteiger partial charge in [0.25, 0.3) is 5.91 Å². The van der Waals surface area contributed by atoms with Crippen molar-refractivity contribution < 1.29 is 28.5 Å². The van der Waals surface area contributed by atoms with Crippen LogP contribution in [0.2, 0.25) is 0 Å². The number of rotatable bonds is 8. The third-order valence-electron chi connectivity index (χ3n) is 4.36. The van der Waals surface area contributed by atoms with Crippen molar-refractivity contribution in [2.24, 2.45) is 0 Å². The Morgan fingerprint density at radius 2 is 1.63 bits per heavy atom. The van der Waals surface area contributed by atoms with E-state index in [0.29, 0.717) is 22.8 Å². The van der Waals surface area contributed by atoms with Crippen LogP contribution in [0, 0.1) is 0 Å². The molecule has 3 rings (SSSR count). The van der Waals surface area contributed by atoms with E-state index in [1.165, 1.54) is 21.3 Å². The van der Waals surface area contributed by atoms with E-state index in [0.717, 1.165) is 10.9 Å². The molecule has 3 aromatic rings. The summed E-state index contributed by atoms with van der Waals surface area (Å²) in [5, 5.41) is 3.60. The van der Waals surface area contributed by atoms with Crippen LogP contribution in [-0.4, -0.2) is 44.8 Å². The molecule has 0 unspecified atom stereocenters. The van der Waals surface area contributed by atoms with Crippen LogP contribution in [-0.2, 0) is 16.1 Å². The summed E-state index contributed by atoms with van der Waals surface area (Å²) in [7, 11) is 4.54. The predicted molar refractivity (Wildman–Crippen MR) is 110 cm³/mol. The minimum Gasteiger partial charge on any atom is -0.493 e. The van der Waals surface area contributed by atoms with Gasteiger partial charge in [0.1, 0.15) is 5.69 Å². The average Bonchev–Trinajstić information content (AvgIpc) is 2.79. The van der Waals surface area contributed by atoms with Gasteiger partial charge in [-0.05, 0) is 29.8 Å². The molecule has 1 aromatic heterocycles. The summed E-state index contributed by atoms with van der Waals surface area (Å²) in [6, 6.07) is 14.2. The molecular weight excluding hydrogens is 388 g/mol. The van der Waals surface area contributed by atoms with Crippen LogP contribution in [0.3, 0.4) is 0 Å². The molecule has 0 aliphatic carbocycles. The number of hydrogen-bond acceptors (Lipinski definition) is 7. The van der Waals surface area contributed by atoms with E-state index >= 15 is 0 Å². The van der Waals surface area contributed by atoms with Gasteiger partial charge in [0.05, 0.1) is 26.8 Å². The first-order valence-electron chi connectivity index (χ1n) is 9.14. The van der Waals surface area contributed by atoms with Crippen LogP contribution in [0.5, 0.6) is 17.2 Å². The second-order valence-corrected chi connectivity index (χ2v) is 6.28. The molecule has 1 N–H and O–H groups in total. The minimum absolute atomic E-state index is 0.145. The molecule has 156 valence electrons. The molecular formula is C22H22N2O6. The number of pyridine rings is 1. The van der Waals surface area contributed by atoms with Crippen molar-refractivity contribution in [3.63, 3.8) is 0 Å². The Kier molecular flexibility index (Phi) is 6.69. The van der Waals surface area contributed by atoms with Crippen LogP contribution >= 0.6 is 0 Å². The number of methoxy groups -OCH3 is 3. The van der Waals surface area contributed by atoms with E-state index in [1.54, 1.807) is 30.3 Å². The number of nitrogens with zero attached hydrogens (tertiary/aromatic N) is 1. The first kappa shape index (κ1) is 20.9. The molecule has 0 radical (unpaired) electrons. The van der Waals surface area contributed by atoms with Crippen LogP contribution in [0.1, 0.15) is 16.1 Å². The SMILES string of the molecule is COc1cc(CNC(=O)COC(=O)c2ccc3ccccc3n2)cc(OC)c1OC. The largest absolute Gasteiger partial charge is 0.493 e. The zero-order valence-corrected chi connectivity index (χ0v) is 16.9. The van der Waals surface area contributed by atoms with Crippen molar-refractivity contribution in [3.05, 3.63) is 59.8 Å². The topological polar surface area (TPSA) is 96.0 Å². The van der Waals surface area contributed by atoms with Crippen molar-refractivity contribution >= 4 is 22.8 Å². The van der Waals surface area contributed by atoms with Crippen molar-refractivity contribution in [1.29, 1.82) is 0 Å². The second-order valence-electron chi connectivity index (χ2n) is 6.28. The van der Waals surface area contributed by atoms with Gasteiger partial charge in [0, 0.05) is 11.9 Å². The van der Waals surface area contributed by atoms with Gasteiger partial charge in [-0.1, -0.05) is 24.3 Å². The molecule has 8 nitrogen and oxygen atoms in total. The molecule has 30 heavy (non-hydrogen) atoms. The highest BCUT2D eigenvalue weighted by molar-refractivity contribution is 5.92. The van der Waals surface area contributed by atoms with Crippen LogP contribution in [0.4, 0.5) is 0 Å². The van der Waals surface area contributed by atoms with Crippen LogP contribution in [0.15, 0.2) is 48.5 Å². The number of amides is 1. The van der Waals surface area contributed by atoms with E-state index in [1.807, 2.05) is 18.2 Å². The zero-order chi connectivity index (χ0) is 21.5. The summed E-state index contributed by atoms with van der Waals surface area (Å²) in [5.41, 5.74) is 1.56. The molecule has 0 bridgehead atoms. The van der Waals surface area contributed by atoms with E-state index in [4.69, 9.17) is 18.9 Å². The molecule has 0 aliphatic rings. The Morgan fingerprint density at radius 1 is 0.933 bits per heavy atom. The lowest BCUT2D eigenvalue weighted by Gasteiger charge is -2.14. The molecule has 1 heterocycles. The van der Waals surface area contributed by atoms with E-state index in [2.05, 4.69) is 10.3 Å². The first-order chi connectivity index (χ1) is 14.5. The fourth-order valence-electron chi connectivity index (χ4n) is 2.87. The van der Waals surface area contributed by atoms with Crippen molar-refractivity contribution in [1.82, 2.24) is 10.3 Å². The van der Waals surface area contributed by atoms with Gasteiger partial charge in [0.15, 0.2) is 18.1 Å². The lowest BCUT2D eigenvalue weighted by atomic mass is 10.1. The first-order valence-corrected chi connectivity index (χ1v) is 9.14. The standard InChI is InChI=1S/C22H22N2O6/c1-27-18-10-14(11-19(28-2)21(18)29-3)12-23-20(25)13-30-22(26)17-9-8-15-6-4-5-7-16(15)24-17/h4-11H,12-13H2,1-3H3,(H,23,25). The van der Waals surface area contributed by atoms with Gasteiger partial charge in [-0.15, -0.1) is 0 Å². The number of nitrogens with one attached hydrogen (secondary N) is 1. The van der Waals surface area contributed by atoms with Crippen LogP contribution in [0.25, 0.3) is 10.9 Å². The fraction of sp³-hybridized carbons (Fsp3) is 0.227. The number of para-hydroxylation sites is 1. The number of carbonyl (C=O) groups excluding carboxylic acids is 2. The quantitative estimate of drug-likeness (QED) is 0.571. The number of aromatic nitrogens is 1. The summed E-state index contributed by atoms with van der Waals surface area (Å²) in [6.45, 7) is -0.223. The molecule has 8 heteroatoms. The number of carbonyl (C=O) groups is 2. The van der Waals surface area contributed by atoms with E-state index in [-0.39, 0.29) is 12.2 Å². The maximum Gasteiger partial charge on any atom is 0.357 e. The minimum atomic E-state index is -0.663. The number of esters is 1. The third kappa shape index (κ3) is 4.78. The Bertz CT molecular complexity index is 1040. The predicted octanol–water partition coefficient (Wildman–Crippen LogP) is 2.73. The Morgan fingerprint density at radius 3 is 2.30 bits per heavy atom. The van der Waals surface area contributed by atoms with Gasteiger partial charge < -0.3 is 24.3 Å². The molecule has 0 fully saturated rings. The summed E-state index contributed by atoms with van der Waals surface area (Å²) in [6.07, 6.45) is 0. The molecule has 0 aliphatic heterocycles. The molecule has 0 spiro atoms. The molecule has 0 atom stereocenters. The number of benzene rings is 2. The highest BCUT2D eigenvalue weighted by Gasteiger charge is 2.15. The Hall–Kier alpha value is -3.81. The Balaban J connectivity index is 1.57. The van der Waals surface area contributed by atoms with Gasteiger partial charge in [-0.25, -0.2) is 9.78 Å². The zero-order valence-electron chi connectivity index (χ0n) is 16.9. The summed E-state index contributed by atoms with van der Waals surface area (Å²) >= 11 is 0. The lowest BCUT2D eigenvalue weighted by Crippen LogP contribution is -2.28. The lowest BCUT2D eigenvalue weighted by molar-refractivity contribution is -0.124. The normalized spacial score (nSPS) is 10.4. The highest BCUT2D eigenvalue weighted by atomic mass is 16.5. The number of hydrogen-bond donors (Lipinski definition) is 1. The molecule has 0 saturated carbocycles. The maximum atomic E-state index is 12.2. The third-order valence-corrected chi connectivity index (χ3v) is 4.36. The summed E-state index contributed by atoms with van der Waals surface area (Å²) in [5.74, 6) is 0.318. The van der Waals surface area contributed by atoms with Gasteiger partial charge in [0.2, 0.25) is 5.75 Å². The second kappa shape index (κ2) is 9.60. The number of ether oxygens (including phenoxy) is 4. The van der Waals surface area contributed by atoms with Crippen molar-refractivity contribution in [2.75, 3.05) is 27.9 Å². The van der Waals surface area contributed by atoms with Gasteiger partial charge in [-0.3, -0.25) is 4.79 Å². The van der Waals surface area contributed by atoms with Crippen LogP contribution < -0.4 is 19.5 Å². The smallest absolute Gasteiger partial charge is 0.357 e. The van der Waals surface area contributed by atoms with E-state index in [9.17, 15) is 9.59 Å². The van der Waals surface area contributed by atoms with Gasteiger partial charge in [-0.2, -0.15) is 0 Å². The molecule has 2 aromatic carbocycles. The fourth-order valence-corrected chi connectivity index (χ4v) is 2.87. The average molecular weight is 410 g/mol. The maximum absolute atomic E-state index is 12.2. The Labute approximate surface area is 173 Å². The monoisotopic (exact) mass is 410 g/mol. The highest BCUT2D eigenvalue weighted by Crippen LogP contribution is 2.38.